The zero-order chi connectivity index (χ0) is 22.2. The number of rotatable bonds is 5. The Labute approximate surface area is 184 Å². The Morgan fingerprint density at radius 1 is 1.16 bits per heavy atom. The molecule has 1 saturated heterocycles. The molecule has 8 nitrogen and oxygen atoms in total. The third kappa shape index (κ3) is 3.82. The Bertz CT molecular complexity index is 1280. The van der Waals surface area contributed by atoms with Gasteiger partial charge in [-0.2, -0.15) is 0 Å². The van der Waals surface area contributed by atoms with Crippen LogP contribution >= 0.6 is 0 Å². The van der Waals surface area contributed by atoms with E-state index in [1.807, 2.05) is 25.1 Å². The number of anilines is 2. The highest BCUT2D eigenvalue weighted by Gasteiger charge is 2.21. The molecule has 1 aromatic carbocycles. The van der Waals surface area contributed by atoms with E-state index in [2.05, 4.69) is 25.3 Å². The Morgan fingerprint density at radius 2 is 2.03 bits per heavy atom. The van der Waals surface area contributed by atoms with Crippen LogP contribution in [0.15, 0.2) is 54.9 Å². The van der Waals surface area contributed by atoms with Crippen molar-refractivity contribution in [2.45, 2.75) is 25.5 Å². The number of nitrogens with zero attached hydrogens (tertiary/aromatic N) is 5. The molecule has 4 heterocycles. The minimum absolute atomic E-state index is 0.0174. The number of fused-ring (bicyclic) bond motifs is 1. The Balaban J connectivity index is 1.45. The summed E-state index contributed by atoms with van der Waals surface area (Å²) in [6.45, 7) is 3.23. The van der Waals surface area contributed by atoms with Gasteiger partial charge in [-0.15, -0.1) is 5.10 Å². The lowest BCUT2D eigenvalue weighted by Crippen LogP contribution is -2.21. The van der Waals surface area contributed by atoms with Gasteiger partial charge in [0.05, 0.1) is 24.0 Å². The van der Waals surface area contributed by atoms with Crippen LogP contribution in [0.2, 0.25) is 0 Å². The van der Waals surface area contributed by atoms with Gasteiger partial charge in [-0.1, -0.05) is 0 Å². The molecule has 2 atom stereocenters. The molecule has 164 valence electrons. The highest BCUT2D eigenvalue weighted by atomic mass is 19.1. The van der Waals surface area contributed by atoms with E-state index in [1.165, 1.54) is 18.2 Å². The van der Waals surface area contributed by atoms with Gasteiger partial charge in [0, 0.05) is 30.5 Å². The lowest BCUT2D eigenvalue weighted by atomic mass is 10.1. The average Bonchev–Trinajstić information content (AvgIpc) is 3.41. The second-order valence-electron chi connectivity index (χ2n) is 7.99. The van der Waals surface area contributed by atoms with Gasteiger partial charge in [0.25, 0.3) is 0 Å². The van der Waals surface area contributed by atoms with Gasteiger partial charge in [0.15, 0.2) is 5.65 Å². The van der Waals surface area contributed by atoms with Crippen molar-refractivity contribution in [3.8, 4) is 17.1 Å². The van der Waals surface area contributed by atoms with E-state index in [0.29, 0.717) is 23.6 Å². The normalized spacial score (nSPS) is 17.1. The molecule has 4 aromatic rings. The zero-order valence-corrected chi connectivity index (χ0v) is 17.5. The van der Waals surface area contributed by atoms with E-state index in [4.69, 9.17) is 0 Å². The first kappa shape index (κ1) is 20.2. The highest BCUT2D eigenvalue weighted by molar-refractivity contribution is 5.65. The highest BCUT2D eigenvalue weighted by Crippen LogP contribution is 2.29. The molecule has 0 radical (unpaired) electrons. The number of halogens is 1. The molecule has 1 aliphatic heterocycles. The number of aromatic hydroxyl groups is 1. The van der Waals surface area contributed by atoms with Gasteiger partial charge in [0.1, 0.15) is 23.1 Å². The fraction of sp³-hybridized carbons (Fsp3) is 0.261. The van der Waals surface area contributed by atoms with Gasteiger partial charge >= 0.3 is 0 Å². The number of β-amino-alcohol motifs (C(OH)–C–C–N with tert-alkyl or cyclic N) is 1. The fourth-order valence-electron chi connectivity index (χ4n) is 4.03. The molecular weight excluding hydrogens is 411 g/mol. The third-order valence-electron chi connectivity index (χ3n) is 5.72. The van der Waals surface area contributed by atoms with E-state index in [9.17, 15) is 14.6 Å². The van der Waals surface area contributed by atoms with Crippen LogP contribution in [0.25, 0.3) is 17.0 Å². The van der Waals surface area contributed by atoms with Crippen molar-refractivity contribution in [1.82, 2.24) is 19.6 Å². The third-order valence-corrected chi connectivity index (χ3v) is 5.72. The maximum Gasteiger partial charge on any atom is 0.154 e. The Morgan fingerprint density at radius 3 is 2.84 bits per heavy atom. The topological polar surface area (TPSA) is 98.8 Å². The largest absolute Gasteiger partial charge is 0.508 e. The predicted octanol–water partition coefficient (Wildman–Crippen LogP) is 3.38. The predicted molar refractivity (Wildman–Crippen MR) is 119 cm³/mol. The van der Waals surface area contributed by atoms with Crippen molar-refractivity contribution in [2.75, 3.05) is 23.3 Å². The lowest BCUT2D eigenvalue weighted by molar-refractivity contribution is 0.198. The molecule has 9 heteroatoms. The summed E-state index contributed by atoms with van der Waals surface area (Å²) in [6, 6.07) is 11.0. The summed E-state index contributed by atoms with van der Waals surface area (Å²) in [6.07, 6.45) is 3.91. The maximum absolute atomic E-state index is 13.6. The number of hydrogen-bond donors (Lipinski definition) is 3. The van der Waals surface area contributed by atoms with Gasteiger partial charge < -0.3 is 20.4 Å². The first-order valence-electron chi connectivity index (χ1n) is 10.5. The van der Waals surface area contributed by atoms with Crippen LogP contribution in [0, 0.1) is 5.82 Å². The van der Waals surface area contributed by atoms with E-state index >= 15 is 0 Å². The average molecular weight is 434 g/mol. The molecule has 0 saturated carbocycles. The van der Waals surface area contributed by atoms with Crippen LogP contribution < -0.4 is 10.2 Å². The number of benzene rings is 1. The minimum Gasteiger partial charge on any atom is -0.508 e. The summed E-state index contributed by atoms with van der Waals surface area (Å²) in [4.78, 5) is 11.1. The number of nitrogens with one attached hydrogen (secondary N) is 1. The molecule has 0 spiro atoms. The summed E-state index contributed by atoms with van der Waals surface area (Å²) in [5.74, 6) is 0.152. The first-order chi connectivity index (χ1) is 15.5. The quantitative estimate of drug-likeness (QED) is 0.443. The Hall–Kier alpha value is -3.72. The second kappa shape index (κ2) is 8.08. The SMILES string of the molecule is C[C@@H](Nc1ccc2ncc(-c3cc(N4CC[C@@H](O)C4)ccn3)n2n1)c1cc(F)ccc1O. The molecule has 3 N–H and O–H groups in total. The molecule has 0 unspecified atom stereocenters. The van der Waals surface area contributed by atoms with Gasteiger partial charge in [-0.3, -0.25) is 4.98 Å². The Kier molecular flexibility index (Phi) is 5.10. The molecule has 3 aromatic heterocycles. The number of hydrogen-bond acceptors (Lipinski definition) is 7. The van der Waals surface area contributed by atoms with Gasteiger partial charge in [-0.25, -0.2) is 13.9 Å². The summed E-state index contributed by atoms with van der Waals surface area (Å²) >= 11 is 0. The van der Waals surface area contributed by atoms with Crippen molar-refractivity contribution in [3.63, 3.8) is 0 Å². The molecular formula is C23H23FN6O2. The maximum atomic E-state index is 13.6. The van der Waals surface area contributed by atoms with E-state index in [-0.39, 0.29) is 17.9 Å². The van der Waals surface area contributed by atoms with Crippen molar-refractivity contribution in [2.24, 2.45) is 0 Å². The standard InChI is InChI=1S/C23H23FN6O2/c1-14(18-10-15(24)2-3-21(18)32)27-22-4-5-23-26-12-20(30(23)28-22)19-11-16(6-8-25-19)29-9-7-17(31)13-29/h2-6,8,10-12,14,17,31-32H,7,9,13H2,1H3,(H,27,28)/t14-,17-/m1/s1. The number of aromatic nitrogens is 4. The molecule has 5 rings (SSSR count). The molecule has 1 fully saturated rings. The summed E-state index contributed by atoms with van der Waals surface area (Å²) in [7, 11) is 0. The van der Waals surface area contributed by atoms with Crippen LogP contribution in [0.4, 0.5) is 15.9 Å². The molecule has 0 aliphatic carbocycles. The van der Waals surface area contributed by atoms with E-state index < -0.39 is 5.82 Å². The first-order valence-corrected chi connectivity index (χ1v) is 10.5. The number of pyridine rings is 1. The summed E-state index contributed by atoms with van der Waals surface area (Å²) < 4.78 is 15.3. The fourth-order valence-corrected chi connectivity index (χ4v) is 4.03. The number of phenolic OH excluding ortho intramolecular Hbond substituents is 1. The van der Waals surface area contributed by atoms with Gasteiger partial charge in [0.2, 0.25) is 0 Å². The minimum atomic E-state index is -0.414. The molecule has 0 amide bonds. The smallest absolute Gasteiger partial charge is 0.154 e. The zero-order valence-electron chi connectivity index (χ0n) is 17.5. The van der Waals surface area contributed by atoms with Crippen molar-refractivity contribution in [1.29, 1.82) is 0 Å². The van der Waals surface area contributed by atoms with Crippen LogP contribution in [0.5, 0.6) is 5.75 Å². The van der Waals surface area contributed by atoms with E-state index in [1.54, 1.807) is 23.0 Å². The van der Waals surface area contributed by atoms with Crippen LogP contribution in [0.1, 0.15) is 24.9 Å². The van der Waals surface area contributed by atoms with E-state index in [0.717, 1.165) is 30.0 Å². The van der Waals surface area contributed by atoms with Gasteiger partial charge in [-0.05, 0) is 55.8 Å². The van der Waals surface area contributed by atoms with Crippen molar-refractivity contribution >= 4 is 17.2 Å². The number of imidazole rings is 1. The lowest BCUT2D eigenvalue weighted by Gasteiger charge is -2.18. The second-order valence-corrected chi connectivity index (χ2v) is 7.99. The van der Waals surface area contributed by atoms with Crippen LogP contribution in [-0.4, -0.2) is 49.0 Å². The van der Waals surface area contributed by atoms with Crippen molar-refractivity contribution in [3.05, 3.63) is 66.2 Å². The monoisotopic (exact) mass is 434 g/mol. The number of phenols is 1. The molecule has 1 aliphatic rings. The number of aliphatic hydroxyl groups is 1. The van der Waals surface area contributed by atoms with Crippen molar-refractivity contribution < 1.29 is 14.6 Å². The van der Waals surface area contributed by atoms with Crippen LogP contribution in [0.3, 0.4) is 0 Å². The van der Waals surface area contributed by atoms with Crippen LogP contribution in [-0.2, 0) is 0 Å². The molecule has 32 heavy (non-hydrogen) atoms. The summed E-state index contributed by atoms with van der Waals surface area (Å²) in [5, 5.41) is 27.8. The summed E-state index contributed by atoms with van der Waals surface area (Å²) in [5.41, 5.74) is 3.55. The molecule has 0 bridgehead atoms. The number of aliphatic hydroxyl groups excluding tert-OH is 1.